The fourth-order valence-electron chi connectivity index (χ4n) is 3.81. The molecule has 1 aromatic heterocycles. The van der Waals surface area contributed by atoms with Crippen LogP contribution in [0, 0.1) is 5.92 Å². The van der Waals surface area contributed by atoms with Crippen molar-refractivity contribution >= 4 is 22.9 Å². The fourth-order valence-corrected chi connectivity index (χ4v) is 3.96. The van der Waals surface area contributed by atoms with E-state index in [4.69, 9.17) is 11.6 Å². The van der Waals surface area contributed by atoms with E-state index in [2.05, 4.69) is 32.2 Å². The number of hydrogen-bond acceptors (Lipinski definition) is 5. The van der Waals surface area contributed by atoms with Gasteiger partial charge >= 0.3 is 0 Å². The van der Waals surface area contributed by atoms with Gasteiger partial charge in [0.1, 0.15) is 5.69 Å². The van der Waals surface area contributed by atoms with Crippen LogP contribution in [0.3, 0.4) is 0 Å². The first-order chi connectivity index (χ1) is 10.3. The zero-order valence-corrected chi connectivity index (χ0v) is 12.7. The van der Waals surface area contributed by atoms with E-state index in [0.29, 0.717) is 23.3 Å². The zero-order valence-electron chi connectivity index (χ0n) is 11.9. The van der Waals surface area contributed by atoms with E-state index >= 15 is 0 Å². The summed E-state index contributed by atoms with van der Waals surface area (Å²) in [6, 6.07) is 2.49. The molecule has 2 unspecified atom stereocenters. The first-order valence-electron chi connectivity index (χ1n) is 7.76. The third-order valence-corrected chi connectivity index (χ3v) is 4.92. The highest BCUT2D eigenvalue weighted by molar-refractivity contribution is 6.29. The molecule has 0 radical (unpaired) electrons. The van der Waals surface area contributed by atoms with Crippen LogP contribution >= 0.6 is 11.6 Å². The molecule has 6 heteroatoms. The van der Waals surface area contributed by atoms with Crippen LogP contribution in [0.4, 0.5) is 5.69 Å². The van der Waals surface area contributed by atoms with E-state index in [1.807, 2.05) is 6.07 Å². The lowest BCUT2D eigenvalue weighted by atomic mass is 9.81. The van der Waals surface area contributed by atoms with Gasteiger partial charge in [-0.25, -0.2) is 0 Å². The molecule has 3 aliphatic rings. The molecule has 1 aromatic rings. The highest BCUT2D eigenvalue weighted by Gasteiger charge is 2.33. The van der Waals surface area contributed by atoms with Crippen molar-refractivity contribution in [2.45, 2.75) is 37.9 Å². The second-order valence-corrected chi connectivity index (χ2v) is 6.54. The van der Waals surface area contributed by atoms with Crippen molar-refractivity contribution in [3.8, 4) is 0 Å². The van der Waals surface area contributed by atoms with Crippen molar-refractivity contribution < 1.29 is 0 Å². The molecule has 3 aliphatic heterocycles. The van der Waals surface area contributed by atoms with Crippen molar-refractivity contribution in [2.24, 2.45) is 5.92 Å². The summed E-state index contributed by atoms with van der Waals surface area (Å²) in [6.07, 6.45) is 7.51. The van der Waals surface area contributed by atoms with Crippen LogP contribution in [-0.4, -0.2) is 35.5 Å². The minimum atomic E-state index is 0.427. The third-order valence-electron chi connectivity index (χ3n) is 4.74. The lowest BCUT2D eigenvalue weighted by molar-refractivity contribution is 0.265. The van der Waals surface area contributed by atoms with Crippen LogP contribution in [0.25, 0.3) is 5.57 Å². The number of piperidine rings is 1. The Morgan fingerprint density at radius 3 is 3.14 bits per heavy atom. The predicted molar refractivity (Wildman–Crippen MR) is 84.2 cm³/mol. The molecule has 0 saturated carbocycles. The lowest BCUT2D eigenvalue weighted by Crippen LogP contribution is -2.50. The van der Waals surface area contributed by atoms with Gasteiger partial charge in [-0.1, -0.05) is 17.7 Å². The largest absolute Gasteiger partial charge is 0.380 e. The van der Waals surface area contributed by atoms with Gasteiger partial charge in [-0.15, -0.1) is 10.2 Å². The zero-order chi connectivity index (χ0) is 14.2. The second-order valence-electron chi connectivity index (χ2n) is 6.15. The Labute approximate surface area is 129 Å². The topological polar surface area (TPSA) is 61.9 Å². The van der Waals surface area contributed by atoms with Crippen LogP contribution < -0.4 is 16.0 Å². The van der Waals surface area contributed by atoms with E-state index in [0.717, 1.165) is 30.9 Å². The van der Waals surface area contributed by atoms with Crippen LogP contribution in [0.2, 0.25) is 5.15 Å². The number of halogens is 1. The number of rotatable bonds is 1. The molecule has 21 heavy (non-hydrogen) atoms. The summed E-state index contributed by atoms with van der Waals surface area (Å²) < 4.78 is 0. The summed E-state index contributed by atoms with van der Waals surface area (Å²) in [5, 5.41) is 19.5. The molecule has 0 aromatic carbocycles. The normalized spacial score (nSPS) is 31.7. The summed E-state index contributed by atoms with van der Waals surface area (Å²) in [5.41, 5.74) is 3.34. The number of anilines is 1. The molecule has 3 N–H and O–H groups in total. The highest BCUT2D eigenvalue weighted by atomic mass is 35.5. The first kappa shape index (κ1) is 13.5. The maximum absolute atomic E-state index is 5.96. The number of allylic oxidation sites excluding steroid dienone is 1. The standard InChI is InChI=1S/C15H20ClN5/c16-13-8-12-15(21-20-13)11(3-5-17-12)9-6-10-2-1-4-18-14(7-9)19-10/h3,8-10,14,17-19H,1-2,4-7H2/t9-,10?,14?/m0/s1. The summed E-state index contributed by atoms with van der Waals surface area (Å²) in [5.74, 6) is 0.545. The molecule has 2 saturated heterocycles. The molecule has 4 heterocycles. The van der Waals surface area contributed by atoms with Crippen LogP contribution in [0.1, 0.15) is 31.4 Å². The van der Waals surface area contributed by atoms with Crippen molar-refractivity contribution in [1.29, 1.82) is 0 Å². The lowest BCUT2D eigenvalue weighted by Gasteiger charge is -2.36. The smallest absolute Gasteiger partial charge is 0.153 e. The van der Waals surface area contributed by atoms with Gasteiger partial charge in [-0.2, -0.15) is 0 Å². The van der Waals surface area contributed by atoms with E-state index in [9.17, 15) is 0 Å². The Morgan fingerprint density at radius 1 is 1.24 bits per heavy atom. The van der Waals surface area contributed by atoms with Gasteiger partial charge in [0.25, 0.3) is 0 Å². The number of fused-ring (bicyclic) bond motifs is 3. The predicted octanol–water partition coefficient (Wildman–Crippen LogP) is 2.02. The fraction of sp³-hybridized carbons (Fsp3) is 0.600. The number of nitrogens with zero attached hydrogens (tertiary/aromatic N) is 2. The number of nitrogens with one attached hydrogen (secondary N) is 3. The maximum Gasteiger partial charge on any atom is 0.153 e. The van der Waals surface area contributed by atoms with Crippen LogP contribution in [0.15, 0.2) is 12.1 Å². The SMILES string of the molecule is Clc1cc2c(nn1)C([C@H]1CC3CCCNC(C1)N3)=CCN2. The van der Waals surface area contributed by atoms with Crippen molar-refractivity contribution in [1.82, 2.24) is 20.8 Å². The molecule has 0 amide bonds. The monoisotopic (exact) mass is 305 g/mol. The Balaban J connectivity index is 1.63. The minimum absolute atomic E-state index is 0.427. The van der Waals surface area contributed by atoms with Gasteiger partial charge in [-0.05, 0) is 43.7 Å². The molecule has 0 aliphatic carbocycles. The Hall–Kier alpha value is -1.17. The summed E-state index contributed by atoms with van der Waals surface area (Å²) in [7, 11) is 0. The van der Waals surface area contributed by atoms with Crippen molar-refractivity contribution in [2.75, 3.05) is 18.4 Å². The molecule has 0 spiro atoms. The summed E-state index contributed by atoms with van der Waals surface area (Å²) in [6.45, 7) is 1.96. The maximum atomic E-state index is 5.96. The molecule has 5 nitrogen and oxygen atoms in total. The van der Waals surface area contributed by atoms with E-state index in [1.165, 1.54) is 24.8 Å². The van der Waals surface area contributed by atoms with E-state index in [-0.39, 0.29) is 0 Å². The van der Waals surface area contributed by atoms with Crippen molar-refractivity contribution in [3.05, 3.63) is 23.0 Å². The van der Waals surface area contributed by atoms with Gasteiger partial charge in [0.2, 0.25) is 0 Å². The Morgan fingerprint density at radius 2 is 2.19 bits per heavy atom. The first-order valence-corrected chi connectivity index (χ1v) is 8.14. The van der Waals surface area contributed by atoms with E-state index < -0.39 is 0 Å². The average Bonchev–Trinajstić information content (AvgIpc) is 2.66. The molecule has 4 rings (SSSR count). The quantitative estimate of drug-likeness (QED) is 0.741. The van der Waals surface area contributed by atoms with Gasteiger partial charge in [0.05, 0.1) is 11.9 Å². The van der Waals surface area contributed by atoms with Gasteiger partial charge in [0, 0.05) is 18.7 Å². The van der Waals surface area contributed by atoms with Gasteiger partial charge in [0.15, 0.2) is 5.15 Å². The Bertz CT molecular complexity index is 559. The third kappa shape index (κ3) is 2.65. The van der Waals surface area contributed by atoms with Gasteiger partial charge in [-0.3, -0.25) is 5.32 Å². The molecule has 2 bridgehead atoms. The number of aromatic nitrogens is 2. The molecule has 3 atom stereocenters. The van der Waals surface area contributed by atoms with E-state index in [1.54, 1.807) is 0 Å². The average molecular weight is 306 g/mol. The molecule has 112 valence electrons. The number of hydrogen-bond donors (Lipinski definition) is 3. The highest BCUT2D eigenvalue weighted by Crippen LogP contribution is 2.38. The summed E-state index contributed by atoms with van der Waals surface area (Å²) >= 11 is 5.96. The van der Waals surface area contributed by atoms with Crippen LogP contribution in [-0.2, 0) is 0 Å². The van der Waals surface area contributed by atoms with Gasteiger partial charge < -0.3 is 10.6 Å². The minimum Gasteiger partial charge on any atom is -0.380 e. The molecular weight excluding hydrogens is 286 g/mol. The van der Waals surface area contributed by atoms with Crippen molar-refractivity contribution in [3.63, 3.8) is 0 Å². The Kier molecular flexibility index (Phi) is 3.57. The second kappa shape index (κ2) is 5.55. The van der Waals surface area contributed by atoms with Crippen LogP contribution in [0.5, 0.6) is 0 Å². The molecule has 2 fully saturated rings. The summed E-state index contributed by atoms with van der Waals surface area (Å²) in [4.78, 5) is 0. The molecular formula is C15H20ClN5.